The van der Waals surface area contributed by atoms with E-state index in [9.17, 15) is 18.8 Å². The van der Waals surface area contributed by atoms with Crippen molar-refractivity contribution < 1.29 is 33.0 Å². The minimum atomic E-state index is -0.530. The number of methoxy groups -OCH3 is 2. The van der Waals surface area contributed by atoms with Gasteiger partial charge < -0.3 is 24.8 Å². The lowest BCUT2D eigenvalue weighted by molar-refractivity contribution is -0.118. The summed E-state index contributed by atoms with van der Waals surface area (Å²) in [6.45, 7) is 3.31. The fourth-order valence-electron chi connectivity index (χ4n) is 3.04. The van der Waals surface area contributed by atoms with Crippen molar-refractivity contribution in [2.75, 3.05) is 31.5 Å². The summed E-state index contributed by atoms with van der Waals surface area (Å²) in [6, 6.07) is 9.81. The SMILES string of the molecule is COC(=O)c1c(NC(=O)c2ccc(OCC(=O)Nc3ccc(F)cc3)c(OC)c2)sc(C)c1C. The maximum absolute atomic E-state index is 13.0. The van der Waals surface area contributed by atoms with Crippen molar-refractivity contribution in [3.63, 3.8) is 0 Å². The molecule has 0 aliphatic rings. The van der Waals surface area contributed by atoms with Gasteiger partial charge >= 0.3 is 5.97 Å². The van der Waals surface area contributed by atoms with Crippen LogP contribution in [-0.4, -0.2) is 38.6 Å². The third-order valence-corrected chi connectivity index (χ3v) is 6.04. The van der Waals surface area contributed by atoms with Crippen LogP contribution in [0.15, 0.2) is 42.5 Å². The van der Waals surface area contributed by atoms with Gasteiger partial charge in [0.05, 0.1) is 19.8 Å². The molecule has 0 aliphatic carbocycles. The first kappa shape index (κ1) is 24.7. The lowest BCUT2D eigenvalue weighted by atomic mass is 10.1. The molecule has 3 aromatic rings. The van der Waals surface area contributed by atoms with Gasteiger partial charge in [0.2, 0.25) is 0 Å². The second-order valence-corrected chi connectivity index (χ2v) is 8.37. The van der Waals surface area contributed by atoms with Crippen LogP contribution in [0.2, 0.25) is 0 Å². The van der Waals surface area contributed by atoms with Crippen LogP contribution < -0.4 is 20.1 Å². The van der Waals surface area contributed by atoms with E-state index in [4.69, 9.17) is 14.2 Å². The molecule has 0 unspecified atom stereocenters. The van der Waals surface area contributed by atoms with Gasteiger partial charge in [-0.2, -0.15) is 0 Å². The highest BCUT2D eigenvalue weighted by Crippen LogP contribution is 2.34. The van der Waals surface area contributed by atoms with Gasteiger partial charge in [-0.05, 0) is 61.9 Å². The first-order valence-corrected chi connectivity index (χ1v) is 10.9. The number of halogens is 1. The van der Waals surface area contributed by atoms with Gasteiger partial charge in [0.15, 0.2) is 18.1 Å². The Hall–Kier alpha value is -3.92. The molecule has 0 radical (unpaired) electrons. The minimum absolute atomic E-state index is 0.244. The standard InChI is InChI=1S/C24H23FN2O6S/c1-13-14(2)34-23(21(13)24(30)32-4)27-22(29)15-5-10-18(19(11-15)31-3)33-12-20(28)26-17-8-6-16(25)7-9-17/h5-11H,12H2,1-4H3,(H,26,28)(H,27,29). The van der Waals surface area contributed by atoms with E-state index in [-0.39, 0.29) is 23.7 Å². The number of carbonyl (C=O) groups excluding carboxylic acids is 3. The molecular formula is C24H23FN2O6S. The quantitative estimate of drug-likeness (QED) is 0.452. The third-order valence-electron chi connectivity index (χ3n) is 4.91. The molecule has 10 heteroatoms. The highest BCUT2D eigenvalue weighted by atomic mass is 32.1. The minimum Gasteiger partial charge on any atom is -0.493 e. The van der Waals surface area contributed by atoms with Gasteiger partial charge in [0, 0.05) is 16.1 Å². The number of nitrogens with one attached hydrogen (secondary N) is 2. The summed E-state index contributed by atoms with van der Waals surface area (Å²) in [4.78, 5) is 38.0. The van der Waals surface area contributed by atoms with E-state index in [2.05, 4.69) is 10.6 Å². The number of ether oxygens (including phenoxy) is 3. The molecule has 0 saturated carbocycles. The zero-order valence-electron chi connectivity index (χ0n) is 19.0. The van der Waals surface area contributed by atoms with Crippen LogP contribution in [-0.2, 0) is 9.53 Å². The van der Waals surface area contributed by atoms with Crippen molar-refractivity contribution in [2.24, 2.45) is 0 Å². The van der Waals surface area contributed by atoms with E-state index in [1.165, 1.54) is 68.0 Å². The normalized spacial score (nSPS) is 10.4. The molecule has 0 spiro atoms. The number of esters is 1. The van der Waals surface area contributed by atoms with Crippen molar-refractivity contribution in [3.8, 4) is 11.5 Å². The number of hydrogen-bond donors (Lipinski definition) is 2. The van der Waals surface area contributed by atoms with Crippen LogP contribution >= 0.6 is 11.3 Å². The van der Waals surface area contributed by atoms with Crippen molar-refractivity contribution in [3.05, 3.63) is 69.8 Å². The van der Waals surface area contributed by atoms with Crippen molar-refractivity contribution >= 4 is 39.8 Å². The van der Waals surface area contributed by atoms with E-state index in [0.717, 1.165) is 10.4 Å². The first-order chi connectivity index (χ1) is 16.2. The molecule has 1 heterocycles. The Morgan fingerprint density at radius 2 is 1.68 bits per heavy atom. The average molecular weight is 487 g/mol. The number of thiophene rings is 1. The molecule has 1 aromatic heterocycles. The first-order valence-electron chi connectivity index (χ1n) is 10.1. The van der Waals surface area contributed by atoms with Gasteiger partial charge in [-0.1, -0.05) is 0 Å². The second-order valence-electron chi connectivity index (χ2n) is 7.14. The van der Waals surface area contributed by atoms with E-state index >= 15 is 0 Å². The van der Waals surface area contributed by atoms with Crippen molar-refractivity contribution in [1.82, 2.24) is 0 Å². The van der Waals surface area contributed by atoms with Gasteiger partial charge in [0.25, 0.3) is 11.8 Å². The molecule has 3 rings (SSSR count). The molecule has 2 aromatic carbocycles. The largest absolute Gasteiger partial charge is 0.493 e. The van der Waals surface area contributed by atoms with Gasteiger partial charge in [0.1, 0.15) is 10.8 Å². The molecule has 0 fully saturated rings. The summed E-state index contributed by atoms with van der Waals surface area (Å²) in [5.41, 5.74) is 1.75. The fraction of sp³-hybridized carbons (Fsp3) is 0.208. The number of aryl methyl sites for hydroxylation is 1. The smallest absolute Gasteiger partial charge is 0.341 e. The number of rotatable bonds is 8. The molecule has 0 bridgehead atoms. The lowest BCUT2D eigenvalue weighted by Crippen LogP contribution is -2.20. The molecule has 34 heavy (non-hydrogen) atoms. The molecule has 178 valence electrons. The molecule has 8 nitrogen and oxygen atoms in total. The summed E-state index contributed by atoms with van der Waals surface area (Å²) in [6.07, 6.45) is 0. The van der Waals surface area contributed by atoms with Crippen molar-refractivity contribution in [2.45, 2.75) is 13.8 Å². The van der Waals surface area contributed by atoms with Crippen molar-refractivity contribution in [1.29, 1.82) is 0 Å². The summed E-state index contributed by atoms with van der Waals surface area (Å²) >= 11 is 1.28. The Bertz CT molecular complexity index is 1220. The Balaban J connectivity index is 1.69. The number of hydrogen-bond acceptors (Lipinski definition) is 7. The lowest BCUT2D eigenvalue weighted by Gasteiger charge is -2.12. The molecule has 2 N–H and O–H groups in total. The van der Waals surface area contributed by atoms with Crippen LogP contribution in [0.3, 0.4) is 0 Å². The number of carbonyl (C=O) groups is 3. The Kier molecular flexibility index (Phi) is 7.85. The summed E-state index contributed by atoms with van der Waals surface area (Å²) < 4.78 is 28.6. The van der Waals surface area contributed by atoms with Crippen LogP contribution in [0.5, 0.6) is 11.5 Å². The number of benzene rings is 2. The molecular weight excluding hydrogens is 463 g/mol. The monoisotopic (exact) mass is 486 g/mol. The summed E-state index contributed by atoms with van der Waals surface area (Å²) in [5, 5.41) is 5.73. The van der Waals surface area contributed by atoms with Crippen LogP contribution in [0.25, 0.3) is 0 Å². The molecule has 0 aliphatic heterocycles. The van der Waals surface area contributed by atoms with Gasteiger partial charge in [-0.3, -0.25) is 9.59 Å². The average Bonchev–Trinajstić information content (AvgIpc) is 3.11. The van der Waals surface area contributed by atoms with E-state index in [0.29, 0.717) is 16.3 Å². The van der Waals surface area contributed by atoms with Gasteiger partial charge in [-0.15, -0.1) is 11.3 Å². The maximum atomic E-state index is 13.0. The summed E-state index contributed by atoms with van der Waals surface area (Å²) in [7, 11) is 2.69. The molecule has 0 saturated heterocycles. The van der Waals surface area contributed by atoms with Crippen LogP contribution in [0.4, 0.5) is 15.1 Å². The molecule has 0 atom stereocenters. The second kappa shape index (κ2) is 10.8. The third kappa shape index (κ3) is 5.70. The van der Waals surface area contributed by atoms with E-state index < -0.39 is 23.6 Å². The number of anilines is 2. The zero-order chi connectivity index (χ0) is 24.8. The van der Waals surface area contributed by atoms with Crippen LogP contribution in [0.1, 0.15) is 31.2 Å². The highest BCUT2D eigenvalue weighted by Gasteiger charge is 2.22. The maximum Gasteiger partial charge on any atom is 0.341 e. The number of amides is 2. The predicted molar refractivity (Wildman–Crippen MR) is 127 cm³/mol. The Labute approximate surface area is 199 Å². The topological polar surface area (TPSA) is 103 Å². The van der Waals surface area contributed by atoms with E-state index in [1.807, 2.05) is 6.92 Å². The van der Waals surface area contributed by atoms with Gasteiger partial charge in [-0.25, -0.2) is 9.18 Å². The Morgan fingerprint density at radius 1 is 0.971 bits per heavy atom. The van der Waals surface area contributed by atoms with E-state index in [1.54, 1.807) is 6.92 Å². The summed E-state index contributed by atoms with van der Waals surface area (Å²) in [5.74, 6) is -1.34. The zero-order valence-corrected chi connectivity index (χ0v) is 19.8. The molecule has 2 amide bonds. The van der Waals surface area contributed by atoms with Crippen LogP contribution in [0, 0.1) is 19.7 Å². The fourth-order valence-corrected chi connectivity index (χ4v) is 4.08. The highest BCUT2D eigenvalue weighted by molar-refractivity contribution is 7.16. The predicted octanol–water partition coefficient (Wildman–Crippen LogP) is 4.57. The Morgan fingerprint density at radius 3 is 2.32 bits per heavy atom.